The third-order valence-corrected chi connectivity index (χ3v) is 3.92. The summed E-state index contributed by atoms with van der Waals surface area (Å²) in [5.41, 5.74) is 0. The summed E-state index contributed by atoms with van der Waals surface area (Å²) < 4.78 is 5.36. The number of nitrogens with one attached hydrogen (secondary N) is 1. The highest BCUT2D eigenvalue weighted by Crippen LogP contribution is 2.20. The van der Waals surface area contributed by atoms with Gasteiger partial charge in [0.05, 0.1) is 6.10 Å². The van der Waals surface area contributed by atoms with E-state index in [2.05, 4.69) is 31.0 Å². The highest BCUT2D eigenvalue weighted by atomic mass is 16.5. The zero-order chi connectivity index (χ0) is 12.7. The summed E-state index contributed by atoms with van der Waals surface area (Å²) in [5.74, 6) is 0.805. The lowest BCUT2D eigenvalue weighted by Crippen LogP contribution is -2.50. The molecule has 1 N–H and O–H groups in total. The van der Waals surface area contributed by atoms with Gasteiger partial charge < -0.3 is 15.0 Å². The van der Waals surface area contributed by atoms with Crippen LogP contribution in [0.2, 0.25) is 0 Å². The average Bonchev–Trinajstić information content (AvgIpc) is 2.36. The SMILES string of the molecule is CCCNC1CCN(CC(C)OC)CC1CC. The molecule has 0 aromatic heterocycles. The van der Waals surface area contributed by atoms with E-state index in [0.717, 1.165) is 25.0 Å². The Kier molecular flexibility index (Phi) is 7.09. The monoisotopic (exact) mass is 242 g/mol. The fourth-order valence-corrected chi connectivity index (χ4v) is 2.72. The molecular formula is C14H30N2O. The van der Waals surface area contributed by atoms with Crippen LogP contribution in [0.15, 0.2) is 0 Å². The second kappa shape index (κ2) is 8.06. The van der Waals surface area contributed by atoms with E-state index in [-0.39, 0.29) is 0 Å². The molecule has 102 valence electrons. The zero-order valence-electron chi connectivity index (χ0n) is 12.0. The summed E-state index contributed by atoms with van der Waals surface area (Å²) in [6.45, 7) is 11.4. The van der Waals surface area contributed by atoms with Gasteiger partial charge in [0.25, 0.3) is 0 Å². The topological polar surface area (TPSA) is 24.5 Å². The van der Waals surface area contributed by atoms with E-state index in [0.29, 0.717) is 6.10 Å². The Labute approximate surface area is 107 Å². The van der Waals surface area contributed by atoms with Crippen molar-refractivity contribution >= 4 is 0 Å². The van der Waals surface area contributed by atoms with Crippen molar-refractivity contribution in [3.63, 3.8) is 0 Å². The summed E-state index contributed by atoms with van der Waals surface area (Å²) in [7, 11) is 1.80. The summed E-state index contributed by atoms with van der Waals surface area (Å²) in [6.07, 6.45) is 4.15. The van der Waals surface area contributed by atoms with Crippen molar-refractivity contribution in [3.8, 4) is 0 Å². The standard InChI is InChI=1S/C14H30N2O/c1-5-8-15-14-7-9-16(10-12(3)17-4)11-13(14)6-2/h12-15H,5-11H2,1-4H3. The van der Waals surface area contributed by atoms with E-state index in [1.807, 2.05) is 0 Å². The third kappa shape index (κ3) is 4.94. The lowest BCUT2D eigenvalue weighted by atomic mass is 9.89. The lowest BCUT2D eigenvalue weighted by molar-refractivity contribution is 0.0501. The smallest absolute Gasteiger partial charge is 0.0670 e. The molecule has 1 aliphatic rings. The van der Waals surface area contributed by atoms with Crippen molar-refractivity contribution in [3.05, 3.63) is 0 Å². The quantitative estimate of drug-likeness (QED) is 0.740. The Balaban J connectivity index is 2.37. The average molecular weight is 242 g/mol. The van der Waals surface area contributed by atoms with Gasteiger partial charge >= 0.3 is 0 Å². The van der Waals surface area contributed by atoms with Crippen LogP contribution in [0.5, 0.6) is 0 Å². The van der Waals surface area contributed by atoms with Gasteiger partial charge in [-0.3, -0.25) is 0 Å². The first kappa shape index (κ1) is 14.9. The number of nitrogens with zero attached hydrogens (tertiary/aromatic N) is 1. The second-order valence-corrected chi connectivity index (χ2v) is 5.32. The molecule has 0 aromatic carbocycles. The summed E-state index contributed by atoms with van der Waals surface area (Å²) >= 11 is 0. The lowest BCUT2D eigenvalue weighted by Gasteiger charge is -2.39. The number of likely N-dealkylation sites (tertiary alicyclic amines) is 1. The van der Waals surface area contributed by atoms with E-state index in [1.54, 1.807) is 7.11 Å². The van der Waals surface area contributed by atoms with Crippen molar-refractivity contribution in [1.29, 1.82) is 0 Å². The molecule has 17 heavy (non-hydrogen) atoms. The first-order valence-corrected chi connectivity index (χ1v) is 7.19. The molecule has 0 radical (unpaired) electrons. The normalized spacial score (nSPS) is 28.2. The van der Waals surface area contributed by atoms with Gasteiger partial charge in [-0.25, -0.2) is 0 Å². The molecule has 0 spiro atoms. The maximum atomic E-state index is 5.36. The fraction of sp³-hybridized carbons (Fsp3) is 1.00. The van der Waals surface area contributed by atoms with Gasteiger partial charge in [-0.15, -0.1) is 0 Å². The Morgan fingerprint density at radius 1 is 1.41 bits per heavy atom. The van der Waals surface area contributed by atoms with Crippen LogP contribution in [0.1, 0.15) is 40.0 Å². The molecule has 0 aliphatic carbocycles. The minimum atomic E-state index is 0.354. The van der Waals surface area contributed by atoms with Gasteiger partial charge in [0, 0.05) is 26.2 Å². The highest BCUT2D eigenvalue weighted by Gasteiger charge is 2.27. The fourth-order valence-electron chi connectivity index (χ4n) is 2.72. The minimum Gasteiger partial charge on any atom is -0.380 e. The van der Waals surface area contributed by atoms with Gasteiger partial charge in [-0.2, -0.15) is 0 Å². The molecule has 1 aliphatic heterocycles. The maximum absolute atomic E-state index is 5.36. The second-order valence-electron chi connectivity index (χ2n) is 5.32. The van der Waals surface area contributed by atoms with E-state index in [1.165, 1.54) is 32.4 Å². The predicted molar refractivity (Wildman–Crippen MR) is 73.4 cm³/mol. The summed E-state index contributed by atoms with van der Waals surface area (Å²) in [4.78, 5) is 2.56. The van der Waals surface area contributed by atoms with Crippen LogP contribution in [-0.2, 0) is 4.74 Å². The van der Waals surface area contributed by atoms with Crippen molar-refractivity contribution in [2.24, 2.45) is 5.92 Å². The number of ether oxygens (including phenoxy) is 1. The number of rotatable bonds is 7. The minimum absolute atomic E-state index is 0.354. The van der Waals surface area contributed by atoms with Gasteiger partial charge in [-0.05, 0) is 38.8 Å². The van der Waals surface area contributed by atoms with E-state index in [9.17, 15) is 0 Å². The van der Waals surface area contributed by atoms with E-state index in [4.69, 9.17) is 4.74 Å². The Bertz CT molecular complexity index is 199. The number of piperidine rings is 1. The summed E-state index contributed by atoms with van der Waals surface area (Å²) in [5, 5.41) is 3.70. The van der Waals surface area contributed by atoms with Gasteiger partial charge in [0.2, 0.25) is 0 Å². The van der Waals surface area contributed by atoms with E-state index >= 15 is 0 Å². The first-order valence-electron chi connectivity index (χ1n) is 7.19. The molecule has 1 saturated heterocycles. The maximum Gasteiger partial charge on any atom is 0.0670 e. The van der Waals surface area contributed by atoms with Gasteiger partial charge in [0.1, 0.15) is 0 Å². The molecule has 0 bridgehead atoms. The molecular weight excluding hydrogens is 212 g/mol. The van der Waals surface area contributed by atoms with Gasteiger partial charge in [-0.1, -0.05) is 20.3 Å². The van der Waals surface area contributed by atoms with Crippen LogP contribution in [0.4, 0.5) is 0 Å². The summed E-state index contributed by atoms with van der Waals surface area (Å²) in [6, 6.07) is 0.731. The van der Waals surface area contributed by atoms with Crippen molar-refractivity contribution in [1.82, 2.24) is 10.2 Å². The number of hydrogen-bond acceptors (Lipinski definition) is 3. The molecule has 3 heteroatoms. The van der Waals surface area contributed by atoms with Crippen LogP contribution in [0, 0.1) is 5.92 Å². The largest absolute Gasteiger partial charge is 0.380 e. The molecule has 1 heterocycles. The molecule has 3 nitrogen and oxygen atoms in total. The van der Waals surface area contributed by atoms with Crippen LogP contribution < -0.4 is 5.32 Å². The van der Waals surface area contributed by atoms with Gasteiger partial charge in [0.15, 0.2) is 0 Å². The molecule has 0 amide bonds. The molecule has 3 atom stereocenters. The Morgan fingerprint density at radius 3 is 2.76 bits per heavy atom. The van der Waals surface area contributed by atoms with Crippen molar-refractivity contribution in [2.75, 3.05) is 33.3 Å². The predicted octanol–water partition coefficient (Wildman–Crippen LogP) is 2.12. The van der Waals surface area contributed by atoms with Crippen molar-refractivity contribution in [2.45, 2.75) is 52.2 Å². The zero-order valence-corrected chi connectivity index (χ0v) is 12.0. The molecule has 1 rings (SSSR count). The number of hydrogen-bond donors (Lipinski definition) is 1. The Hall–Kier alpha value is -0.120. The van der Waals surface area contributed by atoms with Crippen LogP contribution >= 0.6 is 0 Å². The number of methoxy groups -OCH3 is 1. The van der Waals surface area contributed by atoms with Crippen LogP contribution in [0.3, 0.4) is 0 Å². The Morgan fingerprint density at radius 2 is 2.18 bits per heavy atom. The first-order chi connectivity index (χ1) is 8.21. The van der Waals surface area contributed by atoms with Crippen LogP contribution in [0.25, 0.3) is 0 Å². The highest BCUT2D eigenvalue weighted by molar-refractivity contribution is 4.85. The van der Waals surface area contributed by atoms with Crippen LogP contribution in [-0.4, -0.2) is 50.3 Å². The third-order valence-electron chi connectivity index (χ3n) is 3.92. The molecule has 1 fully saturated rings. The molecule has 0 aromatic rings. The molecule has 3 unspecified atom stereocenters. The van der Waals surface area contributed by atoms with E-state index < -0.39 is 0 Å². The molecule has 0 saturated carbocycles. The van der Waals surface area contributed by atoms with Crippen molar-refractivity contribution < 1.29 is 4.74 Å².